The largest absolute Gasteiger partial charge is 0.508 e. The van der Waals surface area contributed by atoms with Crippen molar-refractivity contribution in [3.63, 3.8) is 0 Å². The molecule has 3 rings (SSSR count). The Labute approximate surface area is 104 Å². The molecule has 0 atom stereocenters. The van der Waals surface area contributed by atoms with Gasteiger partial charge in [0, 0.05) is 11.5 Å². The summed E-state index contributed by atoms with van der Waals surface area (Å²) in [5, 5.41) is 22.9. The highest BCUT2D eigenvalue weighted by molar-refractivity contribution is 6.11. The first-order chi connectivity index (χ1) is 8.69. The van der Waals surface area contributed by atoms with Crippen molar-refractivity contribution in [1.29, 1.82) is 0 Å². The number of fused-ring (bicyclic) bond motifs is 3. The Bertz CT molecular complexity index is 747. The fourth-order valence-corrected chi connectivity index (χ4v) is 2.27. The van der Waals surface area contributed by atoms with Gasteiger partial charge in [-0.25, -0.2) is 0 Å². The minimum absolute atomic E-state index is 0.0628. The maximum Gasteiger partial charge on any atom is 0.127 e. The number of phenolic OH excluding ortho intramolecular Hbond substituents is 2. The number of methoxy groups -OCH3 is 1. The predicted molar refractivity (Wildman–Crippen MR) is 71.3 cm³/mol. The van der Waals surface area contributed by atoms with Gasteiger partial charge in [-0.05, 0) is 40.4 Å². The van der Waals surface area contributed by atoms with Crippen LogP contribution < -0.4 is 4.74 Å². The summed E-state index contributed by atoms with van der Waals surface area (Å²) < 4.78 is 5.18. The zero-order chi connectivity index (χ0) is 12.7. The van der Waals surface area contributed by atoms with Gasteiger partial charge in [0.15, 0.2) is 0 Å². The third-order valence-electron chi connectivity index (χ3n) is 3.10. The molecule has 0 saturated heterocycles. The first kappa shape index (κ1) is 10.7. The van der Waals surface area contributed by atoms with Crippen molar-refractivity contribution in [3.05, 3.63) is 42.5 Å². The smallest absolute Gasteiger partial charge is 0.127 e. The number of ether oxygens (including phenoxy) is 1. The Kier molecular flexibility index (Phi) is 2.27. The topological polar surface area (TPSA) is 49.7 Å². The molecule has 0 aliphatic heterocycles. The molecule has 0 saturated carbocycles. The maximum atomic E-state index is 9.99. The lowest BCUT2D eigenvalue weighted by Crippen LogP contribution is -1.84. The summed E-state index contributed by atoms with van der Waals surface area (Å²) in [5.74, 6) is 0.925. The summed E-state index contributed by atoms with van der Waals surface area (Å²) in [7, 11) is 1.62. The van der Waals surface area contributed by atoms with E-state index in [2.05, 4.69) is 0 Å². The van der Waals surface area contributed by atoms with Crippen molar-refractivity contribution in [2.45, 2.75) is 0 Å². The van der Waals surface area contributed by atoms with Crippen molar-refractivity contribution >= 4 is 21.5 Å². The fraction of sp³-hybridized carbons (Fsp3) is 0.0667. The lowest BCUT2D eigenvalue weighted by molar-refractivity contribution is 0.415. The Morgan fingerprint density at radius 3 is 2.44 bits per heavy atom. The van der Waals surface area contributed by atoms with E-state index in [0.717, 1.165) is 27.3 Å². The van der Waals surface area contributed by atoms with Gasteiger partial charge in [-0.3, -0.25) is 0 Å². The first-order valence-electron chi connectivity index (χ1n) is 5.61. The van der Waals surface area contributed by atoms with Crippen molar-refractivity contribution in [2.75, 3.05) is 7.11 Å². The SMILES string of the molecule is COc1ccc2c(ccc3cc(O)cc(O)c32)c1. The van der Waals surface area contributed by atoms with Gasteiger partial charge in [0.05, 0.1) is 7.11 Å². The zero-order valence-electron chi connectivity index (χ0n) is 9.84. The maximum absolute atomic E-state index is 9.99. The second-order valence-corrected chi connectivity index (χ2v) is 4.22. The van der Waals surface area contributed by atoms with E-state index in [9.17, 15) is 10.2 Å². The molecule has 0 bridgehead atoms. The van der Waals surface area contributed by atoms with E-state index < -0.39 is 0 Å². The van der Waals surface area contributed by atoms with Gasteiger partial charge in [0.1, 0.15) is 17.2 Å². The molecular weight excluding hydrogens is 228 g/mol. The van der Waals surface area contributed by atoms with E-state index in [-0.39, 0.29) is 11.5 Å². The van der Waals surface area contributed by atoms with Gasteiger partial charge in [-0.2, -0.15) is 0 Å². The van der Waals surface area contributed by atoms with Crippen LogP contribution in [0.1, 0.15) is 0 Å². The standard InChI is InChI=1S/C15H12O3/c1-18-12-4-5-13-9(7-12)2-3-10-6-11(16)8-14(17)15(10)13/h2-8,16-17H,1H3. The van der Waals surface area contributed by atoms with Gasteiger partial charge in [0.25, 0.3) is 0 Å². The quantitative estimate of drug-likeness (QED) is 0.641. The molecule has 3 aromatic rings. The molecular formula is C15H12O3. The molecule has 0 radical (unpaired) electrons. The third kappa shape index (κ3) is 1.52. The molecule has 0 heterocycles. The second-order valence-electron chi connectivity index (χ2n) is 4.22. The molecule has 2 N–H and O–H groups in total. The monoisotopic (exact) mass is 240 g/mol. The first-order valence-corrected chi connectivity index (χ1v) is 5.61. The van der Waals surface area contributed by atoms with E-state index in [4.69, 9.17) is 4.74 Å². The summed E-state index contributed by atoms with van der Waals surface area (Å²) in [6.45, 7) is 0. The van der Waals surface area contributed by atoms with Crippen molar-refractivity contribution in [3.8, 4) is 17.2 Å². The molecule has 18 heavy (non-hydrogen) atoms. The predicted octanol–water partition coefficient (Wildman–Crippen LogP) is 3.41. The van der Waals surface area contributed by atoms with Crippen LogP contribution in [-0.2, 0) is 0 Å². The molecule has 3 heteroatoms. The van der Waals surface area contributed by atoms with E-state index in [1.54, 1.807) is 13.2 Å². The van der Waals surface area contributed by atoms with E-state index >= 15 is 0 Å². The van der Waals surface area contributed by atoms with E-state index in [1.165, 1.54) is 6.07 Å². The zero-order valence-corrected chi connectivity index (χ0v) is 9.84. The molecule has 0 unspecified atom stereocenters. The van der Waals surface area contributed by atoms with Crippen LogP contribution in [-0.4, -0.2) is 17.3 Å². The average molecular weight is 240 g/mol. The Morgan fingerprint density at radius 2 is 1.67 bits per heavy atom. The van der Waals surface area contributed by atoms with E-state index in [1.807, 2.05) is 30.3 Å². The van der Waals surface area contributed by atoms with Crippen molar-refractivity contribution < 1.29 is 14.9 Å². The van der Waals surface area contributed by atoms with Gasteiger partial charge >= 0.3 is 0 Å². The lowest BCUT2D eigenvalue weighted by Gasteiger charge is -2.08. The summed E-state index contributed by atoms with van der Waals surface area (Å²) in [4.78, 5) is 0. The molecule has 0 aliphatic rings. The lowest BCUT2D eigenvalue weighted by atomic mass is 10.0. The summed E-state index contributed by atoms with van der Waals surface area (Å²) in [6.07, 6.45) is 0. The molecule has 0 fully saturated rings. The highest BCUT2D eigenvalue weighted by Crippen LogP contribution is 2.36. The number of benzene rings is 3. The fourth-order valence-electron chi connectivity index (χ4n) is 2.27. The minimum Gasteiger partial charge on any atom is -0.508 e. The summed E-state index contributed by atoms with van der Waals surface area (Å²) >= 11 is 0. The molecule has 0 aromatic heterocycles. The van der Waals surface area contributed by atoms with Gasteiger partial charge in [-0.1, -0.05) is 12.1 Å². The normalized spacial score (nSPS) is 10.9. The molecule has 0 aliphatic carbocycles. The van der Waals surface area contributed by atoms with Crippen molar-refractivity contribution in [1.82, 2.24) is 0 Å². The number of phenols is 2. The van der Waals surface area contributed by atoms with Crippen LogP contribution in [0.3, 0.4) is 0 Å². The summed E-state index contributed by atoms with van der Waals surface area (Å²) in [5.41, 5.74) is 0. The van der Waals surface area contributed by atoms with E-state index in [0.29, 0.717) is 0 Å². The van der Waals surface area contributed by atoms with Crippen LogP contribution in [0.25, 0.3) is 21.5 Å². The van der Waals surface area contributed by atoms with Gasteiger partial charge < -0.3 is 14.9 Å². The Balaban J connectivity index is 2.46. The van der Waals surface area contributed by atoms with Gasteiger partial charge in [0.2, 0.25) is 0 Å². The van der Waals surface area contributed by atoms with Crippen LogP contribution in [0.15, 0.2) is 42.5 Å². The molecule has 0 spiro atoms. The molecule has 3 nitrogen and oxygen atoms in total. The molecule has 3 aromatic carbocycles. The molecule has 0 amide bonds. The third-order valence-corrected chi connectivity index (χ3v) is 3.10. The van der Waals surface area contributed by atoms with Crippen LogP contribution in [0, 0.1) is 0 Å². The minimum atomic E-state index is 0.0628. The second kappa shape index (κ2) is 3.81. The highest BCUT2D eigenvalue weighted by atomic mass is 16.5. The number of hydrogen-bond donors (Lipinski definition) is 2. The summed E-state index contributed by atoms with van der Waals surface area (Å²) in [6, 6.07) is 12.5. The van der Waals surface area contributed by atoms with Gasteiger partial charge in [-0.15, -0.1) is 0 Å². The Hall–Kier alpha value is -2.42. The van der Waals surface area contributed by atoms with Crippen LogP contribution in [0.2, 0.25) is 0 Å². The van der Waals surface area contributed by atoms with Crippen LogP contribution in [0.4, 0.5) is 0 Å². The highest BCUT2D eigenvalue weighted by Gasteiger charge is 2.07. The van der Waals surface area contributed by atoms with Crippen molar-refractivity contribution in [2.24, 2.45) is 0 Å². The van der Waals surface area contributed by atoms with Crippen LogP contribution in [0.5, 0.6) is 17.2 Å². The molecule has 90 valence electrons. The average Bonchev–Trinajstić information content (AvgIpc) is 2.37. The Morgan fingerprint density at radius 1 is 0.889 bits per heavy atom. The number of hydrogen-bond acceptors (Lipinski definition) is 3. The van der Waals surface area contributed by atoms with Crippen LogP contribution >= 0.6 is 0 Å². The number of rotatable bonds is 1. The number of aromatic hydroxyl groups is 2.